The predicted molar refractivity (Wildman–Crippen MR) is 112 cm³/mol. The van der Waals surface area contributed by atoms with Gasteiger partial charge in [0.25, 0.3) is 0 Å². The van der Waals surface area contributed by atoms with E-state index in [4.69, 9.17) is 0 Å². The third-order valence-electron chi connectivity index (χ3n) is 5.35. The Balaban J connectivity index is 1.54. The van der Waals surface area contributed by atoms with Gasteiger partial charge in [0.15, 0.2) is 5.78 Å². The number of amides is 1. The normalized spacial score (nSPS) is 15.6. The minimum atomic E-state index is -4.55. The number of ketones is 1. The first kappa shape index (κ1) is 23.9. The Kier molecular flexibility index (Phi) is 7.04. The molecule has 0 N–H and O–H groups in total. The molecule has 32 heavy (non-hydrogen) atoms. The van der Waals surface area contributed by atoms with Gasteiger partial charge >= 0.3 is 6.18 Å². The number of rotatable bonds is 6. The van der Waals surface area contributed by atoms with Crippen LogP contribution >= 0.6 is 0 Å². The van der Waals surface area contributed by atoms with E-state index in [1.165, 1.54) is 4.90 Å². The van der Waals surface area contributed by atoms with E-state index in [9.17, 15) is 31.2 Å². The highest BCUT2D eigenvalue weighted by Crippen LogP contribution is 2.30. The molecular weight excluding hydrogens is 445 g/mol. The van der Waals surface area contributed by atoms with E-state index < -0.39 is 21.8 Å². The summed E-state index contributed by atoms with van der Waals surface area (Å²) in [4.78, 5) is 26.0. The van der Waals surface area contributed by atoms with Crippen LogP contribution in [0.3, 0.4) is 0 Å². The van der Waals surface area contributed by atoms with E-state index in [2.05, 4.69) is 0 Å². The Labute approximate surface area is 184 Å². The number of hydrogen-bond acceptors (Lipinski definition) is 4. The van der Waals surface area contributed by atoms with Crippen LogP contribution in [0.25, 0.3) is 0 Å². The monoisotopic (exact) mass is 468 g/mol. The first-order valence-corrected chi connectivity index (χ1v) is 11.5. The van der Waals surface area contributed by atoms with Gasteiger partial charge in [-0.2, -0.15) is 17.5 Å². The molecular formula is C22H23F3N2O4S. The van der Waals surface area contributed by atoms with Crippen LogP contribution in [0.4, 0.5) is 13.2 Å². The second-order valence-corrected chi connectivity index (χ2v) is 9.53. The fraction of sp³-hybridized carbons (Fsp3) is 0.364. The summed E-state index contributed by atoms with van der Waals surface area (Å²) in [7, 11) is -3.96. The molecule has 1 heterocycles. The van der Waals surface area contributed by atoms with Gasteiger partial charge in [-0.25, -0.2) is 8.42 Å². The number of carbonyl (C=O) groups is 2. The Morgan fingerprint density at radius 1 is 0.875 bits per heavy atom. The molecule has 0 spiro atoms. The summed E-state index contributed by atoms with van der Waals surface area (Å²) in [6.45, 7) is 2.27. The number of carbonyl (C=O) groups excluding carboxylic acids is 2. The van der Waals surface area contributed by atoms with Crippen LogP contribution in [0.15, 0.2) is 53.4 Å². The Bertz CT molecular complexity index is 1070. The van der Waals surface area contributed by atoms with Crippen LogP contribution in [0, 0.1) is 6.92 Å². The van der Waals surface area contributed by atoms with Crippen molar-refractivity contribution in [3.05, 3.63) is 65.2 Å². The van der Waals surface area contributed by atoms with Crippen molar-refractivity contribution in [2.75, 3.05) is 26.2 Å². The van der Waals surface area contributed by atoms with Gasteiger partial charge in [0.05, 0.1) is 10.5 Å². The van der Waals surface area contributed by atoms with E-state index in [-0.39, 0.29) is 55.6 Å². The predicted octanol–water partition coefficient (Wildman–Crippen LogP) is 3.51. The number of nitrogens with zero attached hydrogens (tertiary/aromatic N) is 2. The molecule has 0 bridgehead atoms. The quantitative estimate of drug-likeness (QED) is 0.608. The summed E-state index contributed by atoms with van der Waals surface area (Å²) in [6.07, 6.45) is -4.46. The fourth-order valence-electron chi connectivity index (χ4n) is 3.41. The van der Waals surface area contributed by atoms with Gasteiger partial charge in [0.1, 0.15) is 0 Å². The van der Waals surface area contributed by atoms with E-state index in [0.29, 0.717) is 5.56 Å². The van der Waals surface area contributed by atoms with Crippen LogP contribution in [-0.4, -0.2) is 55.5 Å². The second kappa shape index (κ2) is 9.41. The molecule has 0 aromatic heterocycles. The third-order valence-corrected chi connectivity index (χ3v) is 7.26. The van der Waals surface area contributed by atoms with Gasteiger partial charge in [0, 0.05) is 44.6 Å². The van der Waals surface area contributed by atoms with Gasteiger partial charge in [-0.3, -0.25) is 9.59 Å². The van der Waals surface area contributed by atoms with E-state index >= 15 is 0 Å². The number of alkyl halides is 3. The molecule has 1 fully saturated rings. The van der Waals surface area contributed by atoms with Crippen molar-refractivity contribution in [3.63, 3.8) is 0 Å². The standard InChI is InChI=1S/C22H23F3N2O4S/c1-16-2-4-17(5-3-16)20(28)10-11-21(29)26-12-14-27(15-13-26)32(30,31)19-8-6-18(7-9-19)22(23,24)25/h2-9H,10-15H2,1H3. The second-order valence-electron chi connectivity index (χ2n) is 7.60. The lowest BCUT2D eigenvalue weighted by Gasteiger charge is -2.34. The number of benzene rings is 2. The highest BCUT2D eigenvalue weighted by atomic mass is 32.2. The zero-order valence-electron chi connectivity index (χ0n) is 17.4. The first-order chi connectivity index (χ1) is 15.0. The van der Waals surface area contributed by atoms with Crippen LogP contribution in [-0.2, 0) is 21.0 Å². The Morgan fingerprint density at radius 3 is 1.97 bits per heavy atom. The highest BCUT2D eigenvalue weighted by Gasteiger charge is 2.33. The topological polar surface area (TPSA) is 74.8 Å². The molecule has 1 saturated heterocycles. The third kappa shape index (κ3) is 5.55. The number of Topliss-reactive ketones (excluding diaryl/α,β-unsaturated/α-hetero) is 1. The van der Waals surface area contributed by atoms with Gasteiger partial charge in [-0.15, -0.1) is 0 Å². The number of piperazine rings is 1. The molecule has 1 aliphatic rings. The zero-order valence-corrected chi connectivity index (χ0v) is 18.2. The molecule has 0 unspecified atom stereocenters. The lowest BCUT2D eigenvalue weighted by molar-refractivity contribution is -0.137. The number of aryl methyl sites for hydroxylation is 1. The summed E-state index contributed by atoms with van der Waals surface area (Å²) in [5.41, 5.74) is 0.643. The largest absolute Gasteiger partial charge is 0.416 e. The van der Waals surface area contributed by atoms with E-state index in [1.54, 1.807) is 12.1 Å². The molecule has 3 rings (SSSR count). The molecule has 0 aliphatic carbocycles. The highest BCUT2D eigenvalue weighted by molar-refractivity contribution is 7.89. The number of sulfonamides is 1. The molecule has 1 amide bonds. The lowest BCUT2D eigenvalue weighted by atomic mass is 10.0. The number of halogens is 3. The van der Waals surface area contributed by atoms with E-state index in [0.717, 1.165) is 34.1 Å². The van der Waals surface area contributed by atoms with Crippen LogP contribution < -0.4 is 0 Å². The van der Waals surface area contributed by atoms with Crippen molar-refractivity contribution >= 4 is 21.7 Å². The molecule has 0 saturated carbocycles. The summed E-state index contributed by atoms with van der Waals surface area (Å²) in [5.74, 6) is -0.376. The van der Waals surface area contributed by atoms with Gasteiger partial charge in [-0.05, 0) is 31.2 Å². The van der Waals surface area contributed by atoms with Crippen molar-refractivity contribution in [1.82, 2.24) is 9.21 Å². The van der Waals surface area contributed by atoms with Gasteiger partial charge in [0.2, 0.25) is 15.9 Å². The molecule has 2 aromatic rings. The zero-order chi connectivity index (χ0) is 23.5. The molecule has 0 radical (unpaired) electrons. The smallest absolute Gasteiger partial charge is 0.340 e. The summed E-state index contributed by atoms with van der Waals surface area (Å²) in [5, 5.41) is 0. The maximum atomic E-state index is 12.7. The van der Waals surface area contributed by atoms with Crippen molar-refractivity contribution < 1.29 is 31.2 Å². The lowest BCUT2D eigenvalue weighted by Crippen LogP contribution is -2.50. The van der Waals surface area contributed by atoms with Crippen molar-refractivity contribution in [2.45, 2.75) is 30.8 Å². The molecule has 10 heteroatoms. The first-order valence-electron chi connectivity index (χ1n) is 10.0. The molecule has 172 valence electrons. The molecule has 6 nitrogen and oxygen atoms in total. The minimum absolute atomic E-state index is 0.0262. The molecule has 2 aromatic carbocycles. The SMILES string of the molecule is Cc1ccc(C(=O)CCC(=O)N2CCN(S(=O)(=O)c3ccc(C(F)(F)F)cc3)CC2)cc1. The van der Waals surface area contributed by atoms with Crippen molar-refractivity contribution in [3.8, 4) is 0 Å². The molecule has 1 aliphatic heterocycles. The van der Waals surface area contributed by atoms with Crippen molar-refractivity contribution in [1.29, 1.82) is 0 Å². The Hall–Kier alpha value is -2.72. The number of hydrogen-bond donors (Lipinski definition) is 0. The fourth-order valence-corrected chi connectivity index (χ4v) is 4.83. The van der Waals surface area contributed by atoms with Gasteiger partial charge in [-0.1, -0.05) is 29.8 Å². The molecule has 0 atom stereocenters. The van der Waals surface area contributed by atoms with Crippen molar-refractivity contribution in [2.24, 2.45) is 0 Å². The Morgan fingerprint density at radius 2 is 1.44 bits per heavy atom. The van der Waals surface area contributed by atoms with Crippen LogP contribution in [0.2, 0.25) is 0 Å². The summed E-state index contributed by atoms with van der Waals surface area (Å²) >= 11 is 0. The summed E-state index contributed by atoms with van der Waals surface area (Å²) in [6, 6.07) is 10.4. The maximum absolute atomic E-state index is 12.7. The van der Waals surface area contributed by atoms with E-state index in [1.807, 2.05) is 19.1 Å². The maximum Gasteiger partial charge on any atom is 0.416 e. The van der Waals surface area contributed by atoms with Crippen LogP contribution in [0.5, 0.6) is 0 Å². The summed E-state index contributed by atoms with van der Waals surface area (Å²) < 4.78 is 64.7. The van der Waals surface area contributed by atoms with Gasteiger partial charge < -0.3 is 4.90 Å². The minimum Gasteiger partial charge on any atom is -0.340 e. The van der Waals surface area contributed by atoms with Crippen LogP contribution in [0.1, 0.15) is 34.3 Å². The average molecular weight is 468 g/mol. The average Bonchev–Trinajstić information content (AvgIpc) is 2.77.